The molecule has 0 spiro atoms. The van der Waals surface area contributed by atoms with E-state index in [0.29, 0.717) is 0 Å². The van der Waals surface area contributed by atoms with Gasteiger partial charge in [0, 0.05) is 13.1 Å². The fraction of sp³-hybridized carbons (Fsp3) is 0.500. The molecule has 0 bridgehead atoms. The van der Waals surface area contributed by atoms with Crippen molar-refractivity contribution >= 4 is 11.9 Å². The first kappa shape index (κ1) is 15.4. The third-order valence-electron chi connectivity index (χ3n) is 3.86. The summed E-state index contributed by atoms with van der Waals surface area (Å²) < 4.78 is 0. The first-order chi connectivity index (χ1) is 10.2. The average molecular weight is 289 g/mol. The Bertz CT molecular complexity index is 470. The standard InChI is InChI=1S/C16H23N3O2/c1-17-15(20)14(12-8-4-2-5-9-12)19-16(21)18-13-10-6-3-7-11-13/h2,4-5,8-9,13-14H,3,6-7,10-11H2,1H3,(H,17,20)(H2,18,19,21). The first-order valence-corrected chi connectivity index (χ1v) is 7.54. The van der Waals surface area contributed by atoms with Crippen LogP contribution in [0.15, 0.2) is 30.3 Å². The summed E-state index contributed by atoms with van der Waals surface area (Å²) in [6.45, 7) is 0. The molecule has 5 heteroatoms. The van der Waals surface area contributed by atoms with Crippen molar-refractivity contribution in [2.24, 2.45) is 0 Å². The fourth-order valence-corrected chi connectivity index (χ4v) is 2.70. The van der Waals surface area contributed by atoms with Gasteiger partial charge in [-0.3, -0.25) is 4.79 Å². The van der Waals surface area contributed by atoms with Crippen LogP contribution in [0, 0.1) is 0 Å². The lowest BCUT2D eigenvalue weighted by Gasteiger charge is -2.24. The molecule has 1 atom stereocenters. The Morgan fingerprint density at radius 3 is 2.38 bits per heavy atom. The fourth-order valence-electron chi connectivity index (χ4n) is 2.70. The molecule has 0 aliphatic heterocycles. The maximum absolute atomic E-state index is 12.1. The molecular formula is C16H23N3O2. The molecule has 1 fully saturated rings. The highest BCUT2D eigenvalue weighted by Crippen LogP contribution is 2.18. The minimum Gasteiger partial charge on any atom is -0.357 e. The summed E-state index contributed by atoms with van der Waals surface area (Å²) in [6.07, 6.45) is 5.59. The van der Waals surface area contributed by atoms with Gasteiger partial charge in [0.1, 0.15) is 6.04 Å². The maximum Gasteiger partial charge on any atom is 0.315 e. The zero-order chi connectivity index (χ0) is 15.1. The van der Waals surface area contributed by atoms with E-state index < -0.39 is 6.04 Å². The smallest absolute Gasteiger partial charge is 0.315 e. The third kappa shape index (κ3) is 4.48. The van der Waals surface area contributed by atoms with E-state index in [1.807, 2.05) is 30.3 Å². The molecule has 0 aromatic heterocycles. The number of hydrogen-bond acceptors (Lipinski definition) is 2. The van der Waals surface area contributed by atoms with Crippen molar-refractivity contribution in [3.05, 3.63) is 35.9 Å². The Kier molecular flexibility index (Phi) is 5.60. The number of carbonyl (C=O) groups excluding carboxylic acids is 2. The molecule has 114 valence electrons. The summed E-state index contributed by atoms with van der Waals surface area (Å²) in [5.41, 5.74) is 0.774. The summed E-state index contributed by atoms with van der Waals surface area (Å²) in [6, 6.07) is 8.53. The van der Waals surface area contributed by atoms with E-state index in [1.165, 1.54) is 6.42 Å². The van der Waals surface area contributed by atoms with Gasteiger partial charge in [-0.1, -0.05) is 49.6 Å². The average Bonchev–Trinajstić information content (AvgIpc) is 2.53. The molecule has 0 heterocycles. The van der Waals surface area contributed by atoms with Crippen LogP contribution < -0.4 is 16.0 Å². The van der Waals surface area contributed by atoms with Gasteiger partial charge in [-0.15, -0.1) is 0 Å². The zero-order valence-electron chi connectivity index (χ0n) is 12.4. The van der Waals surface area contributed by atoms with E-state index in [0.717, 1.165) is 31.2 Å². The van der Waals surface area contributed by atoms with Crippen LogP contribution >= 0.6 is 0 Å². The Balaban J connectivity index is 1.98. The summed E-state index contributed by atoms with van der Waals surface area (Å²) in [5, 5.41) is 8.33. The van der Waals surface area contributed by atoms with Crippen LogP contribution in [0.1, 0.15) is 43.7 Å². The van der Waals surface area contributed by atoms with Crippen molar-refractivity contribution in [2.75, 3.05) is 7.05 Å². The van der Waals surface area contributed by atoms with Gasteiger partial charge in [-0.2, -0.15) is 0 Å². The van der Waals surface area contributed by atoms with Gasteiger partial charge in [0.15, 0.2) is 0 Å². The van der Waals surface area contributed by atoms with Crippen molar-refractivity contribution in [3.63, 3.8) is 0 Å². The molecule has 3 amide bonds. The molecule has 5 nitrogen and oxygen atoms in total. The second-order valence-corrected chi connectivity index (χ2v) is 5.41. The van der Waals surface area contributed by atoms with Crippen molar-refractivity contribution in [1.82, 2.24) is 16.0 Å². The summed E-state index contributed by atoms with van der Waals surface area (Å²) in [4.78, 5) is 24.1. The Labute approximate surface area is 125 Å². The van der Waals surface area contributed by atoms with Gasteiger partial charge in [0.2, 0.25) is 5.91 Å². The lowest BCUT2D eigenvalue weighted by Crippen LogP contribution is -2.47. The van der Waals surface area contributed by atoms with Crippen molar-refractivity contribution in [2.45, 2.75) is 44.2 Å². The van der Waals surface area contributed by atoms with Gasteiger partial charge in [-0.05, 0) is 18.4 Å². The quantitative estimate of drug-likeness (QED) is 0.794. The van der Waals surface area contributed by atoms with Crippen LogP contribution in [-0.2, 0) is 4.79 Å². The van der Waals surface area contributed by atoms with E-state index in [4.69, 9.17) is 0 Å². The van der Waals surface area contributed by atoms with E-state index >= 15 is 0 Å². The van der Waals surface area contributed by atoms with Crippen molar-refractivity contribution in [3.8, 4) is 0 Å². The predicted octanol–water partition coefficient (Wildman–Crippen LogP) is 2.11. The zero-order valence-corrected chi connectivity index (χ0v) is 12.4. The Morgan fingerprint density at radius 1 is 1.10 bits per heavy atom. The number of hydrogen-bond donors (Lipinski definition) is 3. The molecule has 0 radical (unpaired) electrons. The topological polar surface area (TPSA) is 70.2 Å². The molecule has 21 heavy (non-hydrogen) atoms. The second kappa shape index (κ2) is 7.67. The van der Waals surface area contributed by atoms with Crippen molar-refractivity contribution < 1.29 is 9.59 Å². The lowest BCUT2D eigenvalue weighted by molar-refractivity contribution is -0.122. The second-order valence-electron chi connectivity index (χ2n) is 5.41. The number of nitrogens with one attached hydrogen (secondary N) is 3. The molecular weight excluding hydrogens is 266 g/mol. The van der Waals surface area contributed by atoms with Gasteiger partial charge in [0.25, 0.3) is 0 Å². The van der Waals surface area contributed by atoms with E-state index in [1.54, 1.807) is 7.05 Å². The molecule has 1 aliphatic carbocycles. The lowest BCUT2D eigenvalue weighted by atomic mass is 9.96. The first-order valence-electron chi connectivity index (χ1n) is 7.54. The molecule has 0 saturated heterocycles. The number of amides is 3. The van der Waals surface area contributed by atoms with E-state index in [-0.39, 0.29) is 18.0 Å². The highest BCUT2D eigenvalue weighted by atomic mass is 16.2. The number of urea groups is 1. The number of rotatable bonds is 4. The highest BCUT2D eigenvalue weighted by molar-refractivity contribution is 5.88. The molecule has 2 rings (SSSR count). The van der Waals surface area contributed by atoms with Gasteiger partial charge in [-0.25, -0.2) is 4.79 Å². The Hall–Kier alpha value is -2.04. The summed E-state index contributed by atoms with van der Waals surface area (Å²) in [5.74, 6) is -0.222. The van der Waals surface area contributed by atoms with Gasteiger partial charge >= 0.3 is 6.03 Å². The molecule has 1 aromatic carbocycles. The highest BCUT2D eigenvalue weighted by Gasteiger charge is 2.23. The normalized spacial score (nSPS) is 16.8. The number of carbonyl (C=O) groups is 2. The SMILES string of the molecule is CNC(=O)C(NC(=O)NC1CCCCC1)c1ccccc1. The van der Waals surface area contributed by atoms with Crippen LogP contribution in [0.5, 0.6) is 0 Å². The minimum atomic E-state index is -0.667. The maximum atomic E-state index is 12.1. The number of benzene rings is 1. The predicted molar refractivity (Wildman–Crippen MR) is 81.8 cm³/mol. The molecule has 1 saturated carbocycles. The van der Waals surface area contributed by atoms with Crippen molar-refractivity contribution in [1.29, 1.82) is 0 Å². The van der Waals surface area contributed by atoms with E-state index in [2.05, 4.69) is 16.0 Å². The molecule has 3 N–H and O–H groups in total. The largest absolute Gasteiger partial charge is 0.357 e. The summed E-state index contributed by atoms with van der Waals surface area (Å²) in [7, 11) is 1.57. The summed E-state index contributed by atoms with van der Waals surface area (Å²) >= 11 is 0. The number of likely N-dealkylation sites (N-methyl/N-ethyl adjacent to an activating group) is 1. The van der Waals surface area contributed by atoms with Crippen LogP contribution in [0.4, 0.5) is 4.79 Å². The molecule has 1 aromatic rings. The van der Waals surface area contributed by atoms with Crippen LogP contribution in [0.3, 0.4) is 0 Å². The van der Waals surface area contributed by atoms with E-state index in [9.17, 15) is 9.59 Å². The van der Waals surface area contributed by atoms with Gasteiger partial charge in [0.05, 0.1) is 0 Å². The van der Waals surface area contributed by atoms with Crippen LogP contribution in [0.2, 0.25) is 0 Å². The Morgan fingerprint density at radius 2 is 1.76 bits per heavy atom. The molecule has 1 aliphatic rings. The minimum absolute atomic E-state index is 0.222. The van der Waals surface area contributed by atoms with Crippen LogP contribution in [-0.4, -0.2) is 25.0 Å². The monoisotopic (exact) mass is 289 g/mol. The van der Waals surface area contributed by atoms with Crippen LogP contribution in [0.25, 0.3) is 0 Å². The van der Waals surface area contributed by atoms with Gasteiger partial charge < -0.3 is 16.0 Å². The third-order valence-corrected chi connectivity index (χ3v) is 3.86. The molecule has 1 unspecified atom stereocenters.